The Bertz CT molecular complexity index is 1350. The highest BCUT2D eigenvalue weighted by Gasteiger charge is 2.70. The fourth-order valence-electron chi connectivity index (χ4n) is 13.0. The smallest absolute Gasteiger partial charge is 0.187 e. The van der Waals surface area contributed by atoms with Crippen LogP contribution in [0.15, 0.2) is 12.2 Å². The second-order valence-corrected chi connectivity index (χ2v) is 18.5. The Labute approximate surface area is 311 Å². The zero-order chi connectivity index (χ0) is 37.9. The van der Waals surface area contributed by atoms with E-state index in [1.54, 1.807) is 0 Å². The third-order valence-corrected chi connectivity index (χ3v) is 16.1. The van der Waals surface area contributed by atoms with Crippen LogP contribution in [-0.2, 0) is 28.4 Å². The largest absolute Gasteiger partial charge is 0.394 e. The maximum absolute atomic E-state index is 12.1. The average Bonchev–Trinajstić information content (AvgIpc) is 3.58. The zero-order valence-electron chi connectivity index (χ0n) is 31.4. The topological polar surface area (TPSA) is 217 Å². The van der Waals surface area contributed by atoms with E-state index in [0.717, 1.165) is 50.5 Å². The van der Waals surface area contributed by atoms with Crippen molar-refractivity contribution in [2.45, 2.75) is 171 Å². The lowest BCUT2D eigenvalue weighted by molar-refractivity contribution is -0.376. The minimum Gasteiger partial charge on any atom is -0.394 e. The van der Waals surface area contributed by atoms with Gasteiger partial charge in [0.2, 0.25) is 0 Å². The number of hydrogen-bond donors (Lipinski definition) is 8. The number of ether oxygens (including phenoxy) is 6. The Morgan fingerprint density at radius 2 is 1.55 bits per heavy atom. The minimum absolute atomic E-state index is 0.00712. The molecule has 4 aliphatic heterocycles. The standard InChI is InChI=1S/C39H62O14/c1-16-8-11-39(48-15-16)17(2)26-23(53-39)13-22-20-7-6-19-12-24(29(43)34(47)38(19,5)21(20)9-10-37(22,26)4)50-36-33(31(45)28(42)25(14-40)51-36)52-35-32(46)30(44)27(41)18(3)49-35/h17-36,40-47H,1,6-15H2,2-5H3/t17-,18-,19-,20+,21-,22-,23-,24+,25+,26-,27-,28-,29-,30+,31-,32+,33+,34+,35-,36+,37-,38-,39+/m0/s1. The van der Waals surface area contributed by atoms with Crippen LogP contribution in [0.5, 0.6) is 0 Å². The summed E-state index contributed by atoms with van der Waals surface area (Å²) in [5.74, 6) is 1.13. The van der Waals surface area contributed by atoms with E-state index in [-0.39, 0.29) is 29.3 Å². The van der Waals surface area contributed by atoms with Gasteiger partial charge < -0.3 is 69.3 Å². The van der Waals surface area contributed by atoms with Crippen molar-refractivity contribution in [3.8, 4) is 0 Å². The van der Waals surface area contributed by atoms with Gasteiger partial charge in [-0.1, -0.05) is 32.9 Å². The Hall–Kier alpha value is -0.820. The lowest BCUT2D eigenvalue weighted by atomic mass is 9.43. The van der Waals surface area contributed by atoms with E-state index >= 15 is 0 Å². The number of hydrogen-bond acceptors (Lipinski definition) is 14. The van der Waals surface area contributed by atoms with E-state index in [4.69, 9.17) is 28.4 Å². The molecule has 302 valence electrons. The van der Waals surface area contributed by atoms with Crippen molar-refractivity contribution in [3.63, 3.8) is 0 Å². The molecule has 8 N–H and O–H groups in total. The molecule has 4 aliphatic carbocycles. The van der Waals surface area contributed by atoms with Crippen LogP contribution >= 0.6 is 0 Å². The van der Waals surface area contributed by atoms with Gasteiger partial charge in [-0.3, -0.25) is 0 Å². The predicted octanol–water partition coefficient (Wildman–Crippen LogP) is 0.332. The summed E-state index contributed by atoms with van der Waals surface area (Å²) < 4.78 is 37.0. The first-order chi connectivity index (χ1) is 25.1. The van der Waals surface area contributed by atoms with E-state index in [1.165, 1.54) is 6.92 Å². The third-order valence-electron chi connectivity index (χ3n) is 16.1. The summed E-state index contributed by atoms with van der Waals surface area (Å²) in [7, 11) is 0. The summed E-state index contributed by atoms with van der Waals surface area (Å²) in [6, 6.07) is 0. The van der Waals surface area contributed by atoms with Gasteiger partial charge in [0.15, 0.2) is 18.4 Å². The number of fused-ring (bicyclic) bond motifs is 7. The Morgan fingerprint density at radius 3 is 2.25 bits per heavy atom. The van der Waals surface area contributed by atoms with Crippen molar-refractivity contribution in [2.75, 3.05) is 13.2 Å². The highest BCUT2D eigenvalue weighted by atomic mass is 16.8. The second kappa shape index (κ2) is 13.9. The lowest BCUT2D eigenvalue weighted by Crippen LogP contribution is -2.67. The molecule has 14 heteroatoms. The molecule has 8 aliphatic rings. The van der Waals surface area contributed by atoms with Gasteiger partial charge in [-0.2, -0.15) is 0 Å². The van der Waals surface area contributed by atoms with E-state index in [2.05, 4.69) is 27.4 Å². The van der Waals surface area contributed by atoms with Crippen LogP contribution in [0.3, 0.4) is 0 Å². The Kier molecular flexibility index (Phi) is 10.3. The van der Waals surface area contributed by atoms with Crippen molar-refractivity contribution in [2.24, 2.45) is 46.3 Å². The van der Waals surface area contributed by atoms with Crippen LogP contribution in [0.25, 0.3) is 0 Å². The van der Waals surface area contributed by atoms with Gasteiger partial charge >= 0.3 is 0 Å². The van der Waals surface area contributed by atoms with Crippen LogP contribution in [0.1, 0.15) is 79.1 Å². The highest BCUT2D eigenvalue weighted by molar-refractivity contribution is 5.18. The lowest BCUT2D eigenvalue weighted by Gasteiger charge is -2.63. The highest BCUT2D eigenvalue weighted by Crippen LogP contribution is 2.71. The Morgan fingerprint density at radius 1 is 0.792 bits per heavy atom. The quantitative estimate of drug-likeness (QED) is 0.140. The maximum atomic E-state index is 12.1. The first-order valence-electron chi connectivity index (χ1n) is 20.0. The van der Waals surface area contributed by atoms with Gasteiger partial charge in [-0.15, -0.1) is 0 Å². The second-order valence-electron chi connectivity index (χ2n) is 18.5. The molecule has 0 amide bonds. The summed E-state index contributed by atoms with van der Waals surface area (Å²) >= 11 is 0. The SMILES string of the molecule is C=C1CC[C@@]2(OC1)O[C@H]1C[C@H]3[C@@H]4CC[C@H]5C[C@@H](O[C@@H]6O[C@H](CO)[C@H](O)[C@H](O)[C@H]6O[C@@H]6O[C@@H](C)[C@H](O)[C@@H](O)[C@H]6O)[C@H](O)[C@@H](O)[C@]5(C)[C@H]4CC[C@]3(C)[C@H]1[C@@H]2C. The summed E-state index contributed by atoms with van der Waals surface area (Å²) in [5, 5.41) is 86.9. The fourth-order valence-corrected chi connectivity index (χ4v) is 13.0. The first kappa shape index (κ1) is 39.0. The third kappa shape index (κ3) is 5.87. The molecule has 4 heterocycles. The van der Waals surface area contributed by atoms with Crippen molar-refractivity contribution >= 4 is 0 Å². The molecular formula is C39H62O14. The molecule has 23 atom stereocenters. The monoisotopic (exact) mass is 754 g/mol. The molecule has 4 saturated heterocycles. The fraction of sp³-hybridized carbons (Fsp3) is 0.949. The number of aliphatic hydroxyl groups excluding tert-OH is 8. The molecule has 53 heavy (non-hydrogen) atoms. The average molecular weight is 755 g/mol. The van der Waals surface area contributed by atoms with E-state index in [1.807, 2.05) is 0 Å². The predicted molar refractivity (Wildman–Crippen MR) is 184 cm³/mol. The molecule has 0 aromatic carbocycles. The summed E-state index contributed by atoms with van der Waals surface area (Å²) in [6.07, 6.45) is -11.0. The van der Waals surface area contributed by atoms with Crippen LogP contribution in [0, 0.1) is 46.3 Å². The zero-order valence-corrected chi connectivity index (χ0v) is 31.4. The van der Waals surface area contributed by atoms with Gasteiger partial charge in [-0.05, 0) is 86.9 Å². The van der Waals surface area contributed by atoms with Crippen molar-refractivity contribution in [1.82, 2.24) is 0 Å². The molecular weight excluding hydrogens is 692 g/mol. The molecule has 0 unspecified atom stereocenters. The molecule has 0 aromatic heterocycles. The summed E-state index contributed by atoms with van der Waals surface area (Å²) in [5.41, 5.74) is 0.625. The van der Waals surface area contributed by atoms with Gasteiger partial charge in [0.1, 0.15) is 48.8 Å². The van der Waals surface area contributed by atoms with Crippen LogP contribution < -0.4 is 0 Å². The van der Waals surface area contributed by atoms with E-state index in [9.17, 15) is 40.9 Å². The minimum atomic E-state index is -1.70. The molecule has 1 spiro atoms. The summed E-state index contributed by atoms with van der Waals surface area (Å²) in [4.78, 5) is 0. The molecule has 8 fully saturated rings. The molecule has 8 rings (SSSR count). The van der Waals surface area contributed by atoms with E-state index < -0.39 is 97.5 Å². The number of aliphatic hydroxyl groups is 8. The van der Waals surface area contributed by atoms with Gasteiger partial charge in [-0.25, -0.2) is 0 Å². The van der Waals surface area contributed by atoms with Gasteiger partial charge in [0.25, 0.3) is 0 Å². The van der Waals surface area contributed by atoms with Crippen LogP contribution in [0.2, 0.25) is 0 Å². The van der Waals surface area contributed by atoms with E-state index in [0.29, 0.717) is 30.8 Å². The van der Waals surface area contributed by atoms with Crippen LogP contribution in [0.4, 0.5) is 0 Å². The Balaban J connectivity index is 0.985. The number of rotatable bonds is 5. The van der Waals surface area contributed by atoms with Crippen molar-refractivity contribution < 1.29 is 69.3 Å². The maximum Gasteiger partial charge on any atom is 0.187 e. The van der Waals surface area contributed by atoms with Crippen molar-refractivity contribution in [3.05, 3.63) is 12.2 Å². The molecule has 4 saturated carbocycles. The molecule has 0 radical (unpaired) electrons. The van der Waals surface area contributed by atoms with Crippen molar-refractivity contribution in [1.29, 1.82) is 0 Å². The van der Waals surface area contributed by atoms with Gasteiger partial charge in [0.05, 0.1) is 37.6 Å². The molecule has 0 bridgehead atoms. The first-order valence-corrected chi connectivity index (χ1v) is 20.0. The van der Waals surface area contributed by atoms with Crippen LogP contribution in [-0.4, -0.2) is 146 Å². The molecule has 0 aromatic rings. The normalized spacial score (nSPS) is 59.6. The summed E-state index contributed by atoms with van der Waals surface area (Å²) in [6.45, 7) is 12.4. The van der Waals surface area contributed by atoms with Gasteiger partial charge in [0, 0.05) is 17.8 Å². The molecule has 14 nitrogen and oxygen atoms in total.